The van der Waals surface area contributed by atoms with Crippen LogP contribution < -0.4 is 14.8 Å². The van der Waals surface area contributed by atoms with Crippen molar-refractivity contribution in [3.05, 3.63) is 58.7 Å². The van der Waals surface area contributed by atoms with Crippen molar-refractivity contribution in [2.24, 2.45) is 0 Å². The zero-order valence-electron chi connectivity index (χ0n) is 18.1. The number of rotatable bonds is 6. The van der Waals surface area contributed by atoms with E-state index >= 15 is 0 Å². The van der Waals surface area contributed by atoms with E-state index in [1.165, 1.54) is 11.0 Å². The number of hydrogen-bond acceptors (Lipinski definition) is 5. The number of carbonyl (C=O) groups excluding carboxylic acids is 2. The summed E-state index contributed by atoms with van der Waals surface area (Å²) < 4.78 is 11.5. The van der Waals surface area contributed by atoms with Crippen molar-refractivity contribution in [3.63, 3.8) is 0 Å². The van der Waals surface area contributed by atoms with Gasteiger partial charge in [0.25, 0.3) is 11.8 Å². The summed E-state index contributed by atoms with van der Waals surface area (Å²) in [6.07, 6.45) is 2.36. The van der Waals surface area contributed by atoms with Crippen LogP contribution in [-0.2, 0) is 11.2 Å². The largest absolute Gasteiger partial charge is 0.493 e. The van der Waals surface area contributed by atoms with Crippen molar-refractivity contribution in [2.45, 2.75) is 26.4 Å². The summed E-state index contributed by atoms with van der Waals surface area (Å²) in [7, 11) is 3.34. The van der Waals surface area contributed by atoms with Gasteiger partial charge in [-0.25, -0.2) is 0 Å². The molecule has 0 unspecified atom stereocenters. The molecule has 1 N–H and O–H groups in total. The highest BCUT2D eigenvalue weighted by Gasteiger charge is 2.22. The van der Waals surface area contributed by atoms with E-state index < -0.39 is 5.91 Å². The summed E-state index contributed by atoms with van der Waals surface area (Å²) in [4.78, 5) is 26.1. The summed E-state index contributed by atoms with van der Waals surface area (Å²) in [6, 6.07) is 12.2. The number of ether oxygens (including phenoxy) is 2. The maximum atomic E-state index is 12.7. The fourth-order valence-corrected chi connectivity index (χ4v) is 3.31. The van der Waals surface area contributed by atoms with E-state index in [1.807, 2.05) is 26.0 Å². The van der Waals surface area contributed by atoms with Gasteiger partial charge in [0.1, 0.15) is 29.2 Å². The maximum Gasteiger partial charge on any atom is 0.266 e. The van der Waals surface area contributed by atoms with Crippen molar-refractivity contribution in [2.75, 3.05) is 26.0 Å². The van der Waals surface area contributed by atoms with E-state index in [0.717, 1.165) is 17.7 Å². The van der Waals surface area contributed by atoms with Gasteiger partial charge in [-0.1, -0.05) is 0 Å². The predicted molar refractivity (Wildman–Crippen MR) is 118 cm³/mol. The van der Waals surface area contributed by atoms with Crippen LogP contribution in [0.5, 0.6) is 11.5 Å². The number of nitrogens with zero attached hydrogens (tertiary/aromatic N) is 2. The first kappa shape index (κ1) is 21.9. The number of anilines is 1. The van der Waals surface area contributed by atoms with Gasteiger partial charge in [0.2, 0.25) is 0 Å². The molecule has 3 rings (SSSR count). The monoisotopic (exact) mass is 419 g/mol. The van der Waals surface area contributed by atoms with E-state index in [4.69, 9.17) is 9.47 Å². The first-order valence-electron chi connectivity index (χ1n) is 10.0. The molecule has 0 spiro atoms. The van der Waals surface area contributed by atoms with Crippen LogP contribution in [0, 0.1) is 11.3 Å². The van der Waals surface area contributed by atoms with Gasteiger partial charge in [-0.05, 0) is 56.3 Å². The zero-order chi connectivity index (χ0) is 22.5. The lowest BCUT2D eigenvalue weighted by Crippen LogP contribution is -2.21. The summed E-state index contributed by atoms with van der Waals surface area (Å²) in [6.45, 7) is 4.33. The Morgan fingerprint density at radius 2 is 2.00 bits per heavy atom. The molecule has 0 fully saturated rings. The molecule has 0 aromatic heterocycles. The Morgan fingerprint density at radius 1 is 1.29 bits per heavy atom. The third-order valence-corrected chi connectivity index (χ3v) is 4.79. The molecule has 160 valence electrons. The van der Waals surface area contributed by atoms with Crippen LogP contribution in [-0.4, -0.2) is 43.5 Å². The Hall–Kier alpha value is -3.79. The van der Waals surface area contributed by atoms with Gasteiger partial charge in [-0.3, -0.25) is 9.59 Å². The van der Waals surface area contributed by atoms with E-state index in [1.54, 1.807) is 44.4 Å². The van der Waals surface area contributed by atoms with Crippen molar-refractivity contribution < 1.29 is 19.1 Å². The Bertz CT molecular complexity index is 1070. The average molecular weight is 419 g/mol. The lowest BCUT2D eigenvalue weighted by molar-refractivity contribution is -0.112. The van der Waals surface area contributed by atoms with Crippen LogP contribution in [0.3, 0.4) is 0 Å². The van der Waals surface area contributed by atoms with Crippen LogP contribution in [0.15, 0.2) is 42.0 Å². The zero-order valence-corrected chi connectivity index (χ0v) is 18.1. The highest BCUT2D eigenvalue weighted by molar-refractivity contribution is 6.10. The number of nitrogens with one attached hydrogen (secondary N) is 1. The number of fused-ring (bicyclic) bond motifs is 1. The molecule has 1 heterocycles. The number of nitriles is 1. The molecule has 0 bridgehead atoms. The molecular weight excluding hydrogens is 394 g/mol. The van der Waals surface area contributed by atoms with Crippen molar-refractivity contribution >= 4 is 23.6 Å². The van der Waals surface area contributed by atoms with E-state index in [0.29, 0.717) is 29.2 Å². The fraction of sp³-hybridized carbons (Fsp3) is 0.292. The van der Waals surface area contributed by atoms with Gasteiger partial charge in [-0.2, -0.15) is 5.26 Å². The summed E-state index contributed by atoms with van der Waals surface area (Å²) in [5.74, 6) is 0.658. The maximum absolute atomic E-state index is 12.7. The first-order chi connectivity index (χ1) is 14.8. The smallest absolute Gasteiger partial charge is 0.266 e. The van der Waals surface area contributed by atoms with Gasteiger partial charge in [0.05, 0.1) is 6.61 Å². The molecule has 1 aliphatic heterocycles. The van der Waals surface area contributed by atoms with Gasteiger partial charge in [-0.15, -0.1) is 0 Å². The standard InChI is InChI=1S/C24H25N3O4/c1-5-30-21-12-17-10-15(2)31-22(17)13-18(21)11-19(14-25)23(28)26-20-8-6-16(7-9-20)24(29)27(3)4/h6-9,11-13,15H,5,10H2,1-4H3,(H,26,28)/b19-11+/t15-/m1/s1. The SMILES string of the molecule is CCOc1cc2c(cc1/C=C(\C#N)C(=O)Nc1ccc(C(=O)N(C)C)cc1)O[C@H](C)C2. The summed E-state index contributed by atoms with van der Waals surface area (Å²) in [5, 5.41) is 12.3. The number of amides is 2. The second-order valence-electron chi connectivity index (χ2n) is 7.46. The quantitative estimate of drug-likeness (QED) is 0.570. The molecule has 7 nitrogen and oxygen atoms in total. The molecular formula is C24H25N3O4. The third-order valence-electron chi connectivity index (χ3n) is 4.79. The molecule has 0 radical (unpaired) electrons. The summed E-state index contributed by atoms with van der Waals surface area (Å²) in [5.41, 5.74) is 2.57. The molecule has 1 atom stereocenters. The highest BCUT2D eigenvalue weighted by atomic mass is 16.5. The normalized spacial score (nSPS) is 14.8. The minimum absolute atomic E-state index is 0.0691. The molecule has 0 saturated heterocycles. The van der Waals surface area contributed by atoms with E-state index in [2.05, 4.69) is 5.32 Å². The molecule has 2 aromatic carbocycles. The number of carbonyl (C=O) groups is 2. The van der Waals surface area contributed by atoms with Gasteiger partial charge in [0.15, 0.2) is 0 Å². The minimum Gasteiger partial charge on any atom is -0.493 e. The third kappa shape index (κ3) is 5.04. The molecule has 2 aromatic rings. The molecule has 7 heteroatoms. The Kier molecular flexibility index (Phi) is 6.61. The van der Waals surface area contributed by atoms with Gasteiger partial charge < -0.3 is 19.7 Å². The molecule has 0 saturated carbocycles. The van der Waals surface area contributed by atoms with Crippen molar-refractivity contribution in [3.8, 4) is 17.6 Å². The average Bonchev–Trinajstić information content (AvgIpc) is 3.10. The Morgan fingerprint density at radius 3 is 2.61 bits per heavy atom. The lowest BCUT2D eigenvalue weighted by Gasteiger charge is -2.12. The predicted octanol–water partition coefficient (Wildman–Crippen LogP) is 3.66. The van der Waals surface area contributed by atoms with E-state index in [9.17, 15) is 14.9 Å². The van der Waals surface area contributed by atoms with Crippen molar-refractivity contribution in [1.82, 2.24) is 4.90 Å². The number of benzene rings is 2. The first-order valence-corrected chi connectivity index (χ1v) is 10.0. The topological polar surface area (TPSA) is 91.7 Å². The Balaban J connectivity index is 1.83. The van der Waals surface area contributed by atoms with Crippen LogP contribution in [0.2, 0.25) is 0 Å². The molecule has 2 amide bonds. The minimum atomic E-state index is -0.550. The summed E-state index contributed by atoms with van der Waals surface area (Å²) >= 11 is 0. The van der Waals surface area contributed by atoms with Crippen LogP contribution in [0.4, 0.5) is 5.69 Å². The Labute approximate surface area is 181 Å². The molecule has 1 aliphatic rings. The lowest BCUT2D eigenvalue weighted by atomic mass is 10.0. The highest BCUT2D eigenvalue weighted by Crippen LogP contribution is 2.36. The van der Waals surface area contributed by atoms with Crippen LogP contribution in [0.1, 0.15) is 35.3 Å². The molecule has 31 heavy (non-hydrogen) atoms. The van der Waals surface area contributed by atoms with E-state index in [-0.39, 0.29) is 17.6 Å². The second-order valence-corrected chi connectivity index (χ2v) is 7.46. The van der Waals surface area contributed by atoms with Crippen LogP contribution in [0.25, 0.3) is 6.08 Å². The van der Waals surface area contributed by atoms with Crippen molar-refractivity contribution in [1.29, 1.82) is 5.26 Å². The second kappa shape index (κ2) is 9.35. The van der Waals surface area contributed by atoms with Gasteiger partial charge in [0, 0.05) is 42.9 Å². The number of hydrogen-bond donors (Lipinski definition) is 1. The molecule has 0 aliphatic carbocycles. The van der Waals surface area contributed by atoms with Gasteiger partial charge >= 0.3 is 0 Å². The fourth-order valence-electron chi connectivity index (χ4n) is 3.31. The van der Waals surface area contributed by atoms with Crippen LogP contribution >= 0.6 is 0 Å².